The average Bonchev–Trinajstić information content (AvgIpc) is 3.46. The minimum Gasteiger partial charge on any atom is -0.350 e. The summed E-state index contributed by atoms with van der Waals surface area (Å²) in [4.78, 5) is 21.2. The number of nitrogens with one attached hydrogen (secondary N) is 1. The zero-order valence-electron chi connectivity index (χ0n) is 19.0. The molecule has 4 aromatic rings. The maximum atomic E-state index is 12.7. The fourth-order valence-electron chi connectivity index (χ4n) is 3.88. The van der Waals surface area contributed by atoms with E-state index in [2.05, 4.69) is 27.3 Å². The lowest BCUT2D eigenvalue weighted by molar-refractivity contribution is -0.121. The van der Waals surface area contributed by atoms with Gasteiger partial charge in [-0.2, -0.15) is 5.10 Å². The van der Waals surface area contributed by atoms with Gasteiger partial charge in [-0.25, -0.2) is 28.2 Å². The Morgan fingerprint density at radius 1 is 1.18 bits per heavy atom. The quantitative estimate of drug-likeness (QED) is 0.377. The highest BCUT2D eigenvalue weighted by atomic mass is 32.2. The number of imidazole rings is 1. The number of nitrogens with zero attached hydrogens (tertiary/aromatic N) is 5. The van der Waals surface area contributed by atoms with Crippen LogP contribution in [0.15, 0.2) is 60.0 Å². The summed E-state index contributed by atoms with van der Waals surface area (Å²) < 4.78 is 27.1. The summed E-state index contributed by atoms with van der Waals surface area (Å²) in [6.45, 7) is 4.71. The first-order chi connectivity index (χ1) is 16.3. The fourth-order valence-corrected chi connectivity index (χ4v) is 4.41. The van der Waals surface area contributed by atoms with Crippen molar-refractivity contribution in [3.8, 4) is 5.69 Å². The van der Waals surface area contributed by atoms with Gasteiger partial charge < -0.3 is 9.88 Å². The molecule has 0 aliphatic rings. The lowest BCUT2D eigenvalue weighted by Gasteiger charge is -2.15. The summed E-state index contributed by atoms with van der Waals surface area (Å²) in [5.74, 6) is 0.650. The number of carbonyl (C=O) groups is 1. The number of fused-ring (bicyclic) bond motifs is 1. The molecular weight excluding hydrogens is 454 g/mol. The number of nitrogens with two attached hydrogens (primary N) is 1. The van der Waals surface area contributed by atoms with Gasteiger partial charge in [0.05, 0.1) is 27.7 Å². The smallest absolute Gasteiger partial charge is 0.238 e. The normalized spacial score (nSPS) is 12.7. The molecule has 11 heteroatoms. The number of sulfonamides is 1. The molecule has 4 rings (SSSR count). The molecule has 0 saturated carbocycles. The van der Waals surface area contributed by atoms with E-state index in [0.29, 0.717) is 11.9 Å². The van der Waals surface area contributed by atoms with E-state index in [4.69, 9.17) is 5.14 Å². The van der Waals surface area contributed by atoms with Crippen LogP contribution in [0, 0.1) is 0 Å². The summed E-state index contributed by atoms with van der Waals surface area (Å²) >= 11 is 0. The molecule has 0 unspecified atom stereocenters. The van der Waals surface area contributed by atoms with E-state index in [9.17, 15) is 13.2 Å². The molecule has 0 fully saturated rings. The zero-order chi connectivity index (χ0) is 24.3. The maximum absolute atomic E-state index is 12.7. The number of aromatic nitrogens is 5. The lowest BCUT2D eigenvalue weighted by atomic mass is 10.1. The van der Waals surface area contributed by atoms with Gasteiger partial charge >= 0.3 is 0 Å². The average molecular weight is 482 g/mol. The van der Waals surface area contributed by atoms with Gasteiger partial charge in [0.2, 0.25) is 15.9 Å². The van der Waals surface area contributed by atoms with E-state index in [1.807, 2.05) is 35.8 Å². The Morgan fingerprint density at radius 3 is 2.59 bits per heavy atom. The van der Waals surface area contributed by atoms with Gasteiger partial charge in [0, 0.05) is 19.4 Å². The fraction of sp³-hybridized carbons (Fsp3) is 0.304. The van der Waals surface area contributed by atoms with Crippen molar-refractivity contribution < 1.29 is 13.2 Å². The minimum absolute atomic E-state index is 0.0223. The van der Waals surface area contributed by atoms with Gasteiger partial charge in [-0.15, -0.1) is 0 Å². The molecule has 2 aromatic carbocycles. The molecule has 1 atom stereocenters. The van der Waals surface area contributed by atoms with Crippen LogP contribution in [0.5, 0.6) is 0 Å². The summed E-state index contributed by atoms with van der Waals surface area (Å²) in [6.07, 6.45) is 4.68. The molecule has 0 bridgehead atoms. The molecule has 0 aliphatic carbocycles. The number of hydrogen-bond acceptors (Lipinski definition) is 6. The monoisotopic (exact) mass is 481 g/mol. The summed E-state index contributed by atoms with van der Waals surface area (Å²) in [6, 6.07) is 12.3. The zero-order valence-corrected chi connectivity index (χ0v) is 19.9. The molecule has 0 saturated heterocycles. The lowest BCUT2D eigenvalue weighted by Crippen LogP contribution is -2.27. The van der Waals surface area contributed by atoms with Crippen molar-refractivity contribution in [1.82, 2.24) is 29.6 Å². The number of rotatable bonds is 9. The highest BCUT2D eigenvalue weighted by molar-refractivity contribution is 7.89. The van der Waals surface area contributed by atoms with Crippen LogP contribution in [-0.4, -0.2) is 38.6 Å². The molecule has 34 heavy (non-hydrogen) atoms. The third kappa shape index (κ3) is 5.15. The highest BCUT2D eigenvalue weighted by Gasteiger charge is 2.16. The molecule has 2 aromatic heterocycles. The Kier molecular flexibility index (Phi) is 6.75. The first-order valence-electron chi connectivity index (χ1n) is 11.0. The molecule has 0 aliphatic heterocycles. The second-order valence-electron chi connectivity index (χ2n) is 8.10. The van der Waals surface area contributed by atoms with E-state index in [-0.39, 0.29) is 23.3 Å². The number of benzene rings is 2. The van der Waals surface area contributed by atoms with Crippen LogP contribution in [0.3, 0.4) is 0 Å². The second kappa shape index (κ2) is 9.74. The van der Waals surface area contributed by atoms with Crippen LogP contribution in [0.2, 0.25) is 0 Å². The van der Waals surface area contributed by atoms with E-state index in [0.717, 1.165) is 35.6 Å². The molecule has 0 radical (unpaired) electrons. The van der Waals surface area contributed by atoms with Gasteiger partial charge in [0.15, 0.2) is 0 Å². The number of primary sulfonamides is 1. The topological polar surface area (TPSA) is 138 Å². The molecule has 178 valence electrons. The molecule has 10 nitrogen and oxygen atoms in total. The number of aryl methyl sites for hydroxylation is 2. The Hall–Kier alpha value is -3.57. The Balaban J connectivity index is 1.43. The molecule has 3 N–H and O–H groups in total. The van der Waals surface area contributed by atoms with E-state index >= 15 is 0 Å². The largest absolute Gasteiger partial charge is 0.350 e. The maximum Gasteiger partial charge on any atom is 0.238 e. The first kappa shape index (κ1) is 23.6. The van der Waals surface area contributed by atoms with Crippen LogP contribution >= 0.6 is 0 Å². The summed E-state index contributed by atoms with van der Waals surface area (Å²) in [7, 11) is -3.81. The van der Waals surface area contributed by atoms with Crippen molar-refractivity contribution in [3.63, 3.8) is 0 Å². The SMILES string of the molecule is CCCn1c(CCC(=O)N[C@@H](C)c2ccc(-n3cncn3)cc2)nc2cc(S(N)(=O)=O)ccc21. The number of carbonyl (C=O) groups excluding carboxylic acids is 1. The first-order valence-corrected chi connectivity index (χ1v) is 12.6. The van der Waals surface area contributed by atoms with Crippen LogP contribution in [0.1, 0.15) is 44.1 Å². The predicted octanol–water partition coefficient (Wildman–Crippen LogP) is 2.48. The number of amides is 1. The van der Waals surface area contributed by atoms with Crippen molar-refractivity contribution in [3.05, 3.63) is 66.5 Å². The Labute approximate surface area is 197 Å². The van der Waals surface area contributed by atoms with Gasteiger partial charge in [-0.3, -0.25) is 4.79 Å². The van der Waals surface area contributed by atoms with Gasteiger partial charge in [0.1, 0.15) is 18.5 Å². The molecule has 0 spiro atoms. The van der Waals surface area contributed by atoms with E-state index in [1.54, 1.807) is 17.1 Å². The van der Waals surface area contributed by atoms with Gasteiger partial charge in [-0.05, 0) is 49.2 Å². The second-order valence-corrected chi connectivity index (χ2v) is 9.66. The predicted molar refractivity (Wildman–Crippen MR) is 128 cm³/mol. The van der Waals surface area contributed by atoms with Crippen molar-refractivity contribution in [2.24, 2.45) is 5.14 Å². The van der Waals surface area contributed by atoms with Crippen LogP contribution in [0.25, 0.3) is 16.7 Å². The standard InChI is InChI=1S/C23H27N7O3S/c1-3-12-29-21-9-8-19(34(24,32)33)13-20(21)28-22(29)10-11-23(31)27-16(2)17-4-6-18(7-5-17)30-15-25-14-26-30/h4-9,13-16H,3,10-12H2,1-2H3,(H,27,31)(H2,24,32,33)/t16-/m0/s1. The van der Waals surface area contributed by atoms with E-state index < -0.39 is 10.0 Å². The van der Waals surface area contributed by atoms with Gasteiger partial charge in [-0.1, -0.05) is 19.1 Å². The minimum atomic E-state index is -3.81. The van der Waals surface area contributed by atoms with Gasteiger partial charge in [0.25, 0.3) is 0 Å². The van der Waals surface area contributed by atoms with Crippen molar-refractivity contribution in [2.75, 3.05) is 0 Å². The third-order valence-corrected chi connectivity index (χ3v) is 6.52. The molecule has 1 amide bonds. The van der Waals surface area contributed by atoms with Crippen molar-refractivity contribution in [2.45, 2.75) is 50.6 Å². The van der Waals surface area contributed by atoms with Crippen LogP contribution in [-0.2, 0) is 27.8 Å². The number of hydrogen-bond donors (Lipinski definition) is 2. The summed E-state index contributed by atoms with van der Waals surface area (Å²) in [5.41, 5.74) is 3.24. The summed E-state index contributed by atoms with van der Waals surface area (Å²) in [5, 5.41) is 12.4. The van der Waals surface area contributed by atoms with Crippen molar-refractivity contribution in [1.29, 1.82) is 0 Å². The van der Waals surface area contributed by atoms with Crippen LogP contribution in [0.4, 0.5) is 0 Å². The Bertz CT molecular complexity index is 1390. The molecular formula is C23H27N7O3S. The molecule has 2 heterocycles. The van der Waals surface area contributed by atoms with Crippen LogP contribution < -0.4 is 10.5 Å². The van der Waals surface area contributed by atoms with Crippen molar-refractivity contribution >= 4 is 27.0 Å². The highest BCUT2D eigenvalue weighted by Crippen LogP contribution is 2.22. The third-order valence-electron chi connectivity index (χ3n) is 5.60. The Morgan fingerprint density at radius 2 is 1.94 bits per heavy atom. The van der Waals surface area contributed by atoms with E-state index in [1.165, 1.54) is 18.5 Å².